The van der Waals surface area contributed by atoms with E-state index in [4.69, 9.17) is 0 Å². The van der Waals surface area contributed by atoms with E-state index in [9.17, 15) is 17.6 Å². The molecular weight excluding hydrogens is 299 g/mol. The zero-order valence-corrected chi connectivity index (χ0v) is 11.9. The van der Waals surface area contributed by atoms with Crippen molar-refractivity contribution in [3.63, 3.8) is 0 Å². The number of benzene rings is 1. The molecule has 1 heterocycles. The number of nitrogens with one attached hydrogen (secondary N) is 3. The summed E-state index contributed by atoms with van der Waals surface area (Å²) in [7, 11) is -2.42. The van der Waals surface area contributed by atoms with Crippen molar-refractivity contribution in [1.29, 1.82) is 0 Å². The summed E-state index contributed by atoms with van der Waals surface area (Å²) in [4.78, 5) is 10.4. The topological polar surface area (TPSA) is 104 Å². The van der Waals surface area contributed by atoms with Crippen molar-refractivity contribution in [1.82, 2.24) is 15.5 Å². The highest BCUT2D eigenvalue weighted by Gasteiger charge is 2.20. The van der Waals surface area contributed by atoms with Crippen LogP contribution >= 0.6 is 0 Å². The number of halogens is 1. The van der Waals surface area contributed by atoms with Crippen LogP contribution in [0.1, 0.15) is 5.56 Å². The fraction of sp³-hybridized carbons (Fsp3) is 0.167. The summed E-state index contributed by atoms with van der Waals surface area (Å²) in [6.45, 7) is 0.423. The summed E-state index contributed by atoms with van der Waals surface area (Å²) < 4.78 is 40.2. The molecule has 0 saturated heterocycles. The van der Waals surface area contributed by atoms with Gasteiger partial charge in [-0.2, -0.15) is 5.10 Å². The van der Waals surface area contributed by atoms with Crippen molar-refractivity contribution < 1.29 is 12.8 Å². The molecule has 1 aromatic heterocycles. The molecule has 0 bridgehead atoms. The Labute approximate surface area is 120 Å². The van der Waals surface area contributed by atoms with Gasteiger partial charge in [-0.1, -0.05) is 6.07 Å². The van der Waals surface area contributed by atoms with Gasteiger partial charge in [-0.25, -0.2) is 17.9 Å². The molecule has 21 heavy (non-hydrogen) atoms. The Bertz CT molecular complexity index is 784. The molecule has 0 aliphatic rings. The third kappa shape index (κ3) is 3.64. The number of sulfonamides is 1. The number of hydrogen-bond acceptors (Lipinski definition) is 5. The van der Waals surface area contributed by atoms with Gasteiger partial charge >= 0.3 is 0 Å². The maximum absolute atomic E-state index is 13.9. The Morgan fingerprint density at radius 1 is 1.29 bits per heavy atom. The van der Waals surface area contributed by atoms with Gasteiger partial charge < -0.3 is 5.32 Å². The lowest BCUT2D eigenvalue weighted by atomic mass is 10.2. The Balaban J connectivity index is 2.31. The highest BCUT2D eigenvalue weighted by molar-refractivity contribution is 7.92. The molecular formula is C12H13FN4O3S. The summed E-state index contributed by atoms with van der Waals surface area (Å²) in [5, 5.41) is 8.42. The molecule has 0 saturated carbocycles. The van der Waals surface area contributed by atoms with Gasteiger partial charge in [0.05, 0.1) is 0 Å². The zero-order chi connectivity index (χ0) is 15.5. The van der Waals surface area contributed by atoms with Crippen molar-refractivity contribution in [3.8, 4) is 0 Å². The van der Waals surface area contributed by atoms with Gasteiger partial charge in [-0.15, -0.1) is 0 Å². The average Bonchev–Trinajstić information content (AvgIpc) is 2.41. The molecule has 0 amide bonds. The molecule has 2 aromatic rings. The van der Waals surface area contributed by atoms with Gasteiger partial charge in [-0.3, -0.25) is 9.52 Å². The van der Waals surface area contributed by atoms with E-state index in [0.29, 0.717) is 12.1 Å². The fourth-order valence-corrected chi connectivity index (χ4v) is 2.73. The van der Waals surface area contributed by atoms with Crippen LogP contribution < -0.4 is 15.6 Å². The van der Waals surface area contributed by atoms with Crippen LogP contribution in [0.2, 0.25) is 0 Å². The van der Waals surface area contributed by atoms with Gasteiger partial charge in [0.25, 0.3) is 15.6 Å². The second-order valence-corrected chi connectivity index (χ2v) is 5.86. The molecule has 0 unspecified atom stereocenters. The van der Waals surface area contributed by atoms with Crippen LogP contribution in [-0.2, 0) is 16.6 Å². The monoisotopic (exact) mass is 312 g/mol. The van der Waals surface area contributed by atoms with Gasteiger partial charge in [0.1, 0.15) is 10.7 Å². The highest BCUT2D eigenvalue weighted by Crippen LogP contribution is 2.18. The fourth-order valence-electron chi connectivity index (χ4n) is 1.67. The van der Waals surface area contributed by atoms with E-state index in [-0.39, 0.29) is 5.82 Å². The summed E-state index contributed by atoms with van der Waals surface area (Å²) in [5.41, 5.74) is 0.150. The predicted molar refractivity (Wildman–Crippen MR) is 74.8 cm³/mol. The minimum atomic E-state index is -4.12. The standard InChI is InChI=1S/C12H13FN4O3S/c1-14-7-8-2-3-10(9(13)6-8)21(19,20)17-11-4-5-12(18)16-15-11/h2-6,14H,7H2,1H3,(H,15,17)(H,16,18). The third-order valence-corrected chi connectivity index (χ3v) is 3.97. The van der Waals surface area contributed by atoms with Crippen LogP contribution in [0.5, 0.6) is 0 Å². The van der Waals surface area contributed by atoms with E-state index < -0.39 is 26.3 Å². The number of aromatic amines is 1. The van der Waals surface area contributed by atoms with Gasteiger partial charge in [0.15, 0.2) is 5.82 Å². The number of H-pyrrole nitrogens is 1. The second-order valence-electron chi connectivity index (χ2n) is 4.21. The van der Waals surface area contributed by atoms with E-state index in [2.05, 4.69) is 20.2 Å². The van der Waals surface area contributed by atoms with E-state index in [1.54, 1.807) is 7.05 Å². The van der Waals surface area contributed by atoms with E-state index in [1.807, 2.05) is 0 Å². The summed E-state index contributed by atoms with van der Waals surface area (Å²) in [6, 6.07) is 6.12. The van der Waals surface area contributed by atoms with Crippen molar-refractivity contribution in [3.05, 3.63) is 52.1 Å². The molecule has 0 aliphatic carbocycles. The first-order chi connectivity index (χ1) is 9.92. The molecule has 0 atom stereocenters. The maximum Gasteiger partial charge on any atom is 0.266 e. The van der Waals surface area contributed by atoms with Crippen molar-refractivity contribution in [2.24, 2.45) is 0 Å². The first-order valence-electron chi connectivity index (χ1n) is 5.94. The highest BCUT2D eigenvalue weighted by atomic mass is 32.2. The first kappa shape index (κ1) is 15.1. The lowest BCUT2D eigenvalue weighted by Gasteiger charge is -2.09. The third-order valence-electron chi connectivity index (χ3n) is 2.58. The Morgan fingerprint density at radius 2 is 2.05 bits per heavy atom. The van der Waals surface area contributed by atoms with Crippen molar-refractivity contribution >= 4 is 15.8 Å². The molecule has 9 heteroatoms. The second kappa shape index (κ2) is 6.02. The number of hydrogen-bond donors (Lipinski definition) is 3. The number of aromatic nitrogens is 2. The van der Waals surface area contributed by atoms with Gasteiger partial charge in [0.2, 0.25) is 0 Å². The molecule has 1 aromatic carbocycles. The normalized spacial score (nSPS) is 11.3. The van der Waals surface area contributed by atoms with Crippen molar-refractivity contribution in [2.45, 2.75) is 11.4 Å². The minimum absolute atomic E-state index is 0.103. The van der Waals surface area contributed by atoms with E-state index in [1.165, 1.54) is 18.2 Å². The SMILES string of the molecule is CNCc1ccc(S(=O)(=O)Nc2ccc(=O)[nH]n2)c(F)c1. The number of anilines is 1. The Kier molecular flexibility index (Phi) is 4.34. The van der Waals surface area contributed by atoms with Crippen LogP contribution in [0.4, 0.5) is 10.2 Å². The minimum Gasteiger partial charge on any atom is -0.316 e. The van der Waals surface area contributed by atoms with Crippen molar-refractivity contribution in [2.75, 3.05) is 11.8 Å². The molecule has 7 nitrogen and oxygen atoms in total. The van der Waals surface area contributed by atoms with Gasteiger partial charge in [0, 0.05) is 12.6 Å². The van der Waals surface area contributed by atoms with E-state index in [0.717, 1.165) is 12.1 Å². The molecule has 112 valence electrons. The Morgan fingerprint density at radius 3 is 2.62 bits per heavy atom. The average molecular weight is 312 g/mol. The van der Waals surface area contributed by atoms with Crippen LogP contribution in [0, 0.1) is 5.82 Å². The van der Waals surface area contributed by atoms with Crippen LogP contribution in [0.15, 0.2) is 40.0 Å². The Hall–Kier alpha value is -2.26. The van der Waals surface area contributed by atoms with Gasteiger partial charge in [-0.05, 0) is 30.8 Å². The summed E-state index contributed by atoms with van der Waals surface area (Å²) in [5.74, 6) is -0.965. The summed E-state index contributed by atoms with van der Waals surface area (Å²) >= 11 is 0. The van der Waals surface area contributed by atoms with Crippen LogP contribution in [0.25, 0.3) is 0 Å². The van der Waals surface area contributed by atoms with E-state index >= 15 is 0 Å². The van der Waals surface area contributed by atoms with Crippen LogP contribution in [0.3, 0.4) is 0 Å². The number of rotatable bonds is 5. The maximum atomic E-state index is 13.9. The molecule has 0 radical (unpaired) electrons. The molecule has 0 fully saturated rings. The lowest BCUT2D eigenvalue weighted by Crippen LogP contribution is -2.18. The molecule has 2 rings (SSSR count). The summed E-state index contributed by atoms with van der Waals surface area (Å²) in [6.07, 6.45) is 0. The largest absolute Gasteiger partial charge is 0.316 e. The molecule has 0 spiro atoms. The molecule has 3 N–H and O–H groups in total. The number of nitrogens with zero attached hydrogens (tertiary/aromatic N) is 1. The quantitative estimate of drug-likeness (QED) is 0.743. The van der Waals surface area contributed by atoms with Crippen LogP contribution in [-0.4, -0.2) is 25.7 Å². The lowest BCUT2D eigenvalue weighted by molar-refractivity contribution is 0.568. The molecule has 0 aliphatic heterocycles. The smallest absolute Gasteiger partial charge is 0.266 e. The first-order valence-corrected chi connectivity index (χ1v) is 7.42. The zero-order valence-electron chi connectivity index (χ0n) is 11.1. The predicted octanol–water partition coefficient (Wildman–Crippen LogP) is 0.429.